The van der Waals surface area contributed by atoms with Gasteiger partial charge >= 0.3 is 0 Å². The van der Waals surface area contributed by atoms with Gasteiger partial charge in [0.1, 0.15) is 0 Å². The summed E-state index contributed by atoms with van der Waals surface area (Å²) in [5, 5.41) is 4.04. The Kier molecular flexibility index (Phi) is 5.55. The zero-order chi connectivity index (χ0) is 13.7. The molecule has 1 unspecified atom stereocenters. The Bertz CT molecular complexity index is 424. The van der Waals surface area contributed by atoms with E-state index in [0.29, 0.717) is 11.8 Å². The maximum absolute atomic E-state index is 12.1. The van der Waals surface area contributed by atoms with Crippen molar-refractivity contribution in [2.24, 2.45) is 0 Å². The van der Waals surface area contributed by atoms with Crippen molar-refractivity contribution >= 4 is 29.3 Å². The Morgan fingerprint density at radius 1 is 1.47 bits per heavy atom. The number of halogens is 1. The molecule has 1 fully saturated rings. The second-order valence-electron chi connectivity index (χ2n) is 4.76. The molecule has 19 heavy (non-hydrogen) atoms. The minimum absolute atomic E-state index is 0.243. The molecule has 1 aromatic carbocycles. The smallest absolute Gasteiger partial charge is 0.232 e. The minimum Gasteiger partial charge on any atom is -0.337 e. The number of thioether (sulfide) groups is 1. The number of nitrogens with zero attached hydrogens (tertiary/aromatic N) is 1. The van der Waals surface area contributed by atoms with Gasteiger partial charge in [0.05, 0.1) is 5.75 Å². The fourth-order valence-corrected chi connectivity index (χ4v) is 3.13. The van der Waals surface area contributed by atoms with Crippen LogP contribution < -0.4 is 5.32 Å². The van der Waals surface area contributed by atoms with Crippen molar-refractivity contribution in [3.8, 4) is 0 Å². The molecule has 1 aliphatic rings. The van der Waals surface area contributed by atoms with Crippen LogP contribution in [0.2, 0.25) is 5.02 Å². The number of hydrogen-bond donors (Lipinski definition) is 1. The molecule has 0 saturated carbocycles. The standard InChI is InChI=1S/C14H19ClN2OS/c1-11-8-16-6-7-17(11)14(18)10-19-9-12-2-4-13(15)5-3-12/h2-5,11,16H,6-10H2,1H3. The van der Waals surface area contributed by atoms with Crippen LogP contribution >= 0.6 is 23.4 Å². The molecule has 1 aromatic rings. The number of hydrogen-bond acceptors (Lipinski definition) is 3. The number of piperazine rings is 1. The molecule has 104 valence electrons. The van der Waals surface area contributed by atoms with Crippen LogP contribution in [0, 0.1) is 0 Å². The Labute approximate surface area is 123 Å². The summed E-state index contributed by atoms with van der Waals surface area (Å²) in [4.78, 5) is 14.1. The first kappa shape index (κ1) is 14.7. The monoisotopic (exact) mass is 298 g/mol. The topological polar surface area (TPSA) is 32.3 Å². The van der Waals surface area contributed by atoms with E-state index in [-0.39, 0.29) is 5.91 Å². The molecule has 1 amide bonds. The summed E-state index contributed by atoms with van der Waals surface area (Å²) in [5.41, 5.74) is 1.20. The lowest BCUT2D eigenvalue weighted by atomic mass is 10.2. The Balaban J connectivity index is 1.75. The fraction of sp³-hybridized carbons (Fsp3) is 0.500. The number of carbonyl (C=O) groups excluding carboxylic acids is 1. The van der Waals surface area contributed by atoms with Gasteiger partial charge in [-0.3, -0.25) is 4.79 Å². The normalized spacial score (nSPS) is 19.5. The molecule has 2 rings (SSSR count). The summed E-state index contributed by atoms with van der Waals surface area (Å²) in [5.74, 6) is 1.64. The lowest BCUT2D eigenvalue weighted by Crippen LogP contribution is -2.52. The van der Waals surface area contributed by atoms with Crippen molar-refractivity contribution in [3.05, 3.63) is 34.9 Å². The van der Waals surface area contributed by atoms with Crippen molar-refractivity contribution < 1.29 is 4.79 Å². The molecule has 0 bridgehead atoms. The minimum atomic E-state index is 0.243. The van der Waals surface area contributed by atoms with Crippen LogP contribution in [-0.2, 0) is 10.5 Å². The van der Waals surface area contributed by atoms with Gasteiger partial charge in [-0.15, -0.1) is 11.8 Å². The molecule has 0 aromatic heterocycles. The van der Waals surface area contributed by atoms with Gasteiger partial charge in [-0.25, -0.2) is 0 Å². The van der Waals surface area contributed by atoms with Crippen LogP contribution in [0.4, 0.5) is 0 Å². The van der Waals surface area contributed by atoms with E-state index < -0.39 is 0 Å². The van der Waals surface area contributed by atoms with Gasteiger partial charge in [-0.05, 0) is 24.6 Å². The van der Waals surface area contributed by atoms with E-state index in [2.05, 4.69) is 12.2 Å². The molecule has 1 saturated heterocycles. The van der Waals surface area contributed by atoms with Crippen LogP contribution in [0.3, 0.4) is 0 Å². The first-order valence-corrected chi connectivity index (χ1v) is 8.02. The Hall–Kier alpha value is -0.710. The molecule has 3 nitrogen and oxygen atoms in total. The molecule has 0 radical (unpaired) electrons. The van der Waals surface area contributed by atoms with Crippen LogP contribution in [0.1, 0.15) is 12.5 Å². The third kappa shape index (κ3) is 4.41. The van der Waals surface area contributed by atoms with Crippen molar-refractivity contribution in [1.29, 1.82) is 0 Å². The first-order chi connectivity index (χ1) is 9.16. The maximum Gasteiger partial charge on any atom is 0.232 e. The van der Waals surface area contributed by atoms with Crippen molar-refractivity contribution in [1.82, 2.24) is 10.2 Å². The van der Waals surface area contributed by atoms with E-state index in [9.17, 15) is 4.79 Å². The number of nitrogens with one attached hydrogen (secondary N) is 1. The van der Waals surface area contributed by atoms with Gasteiger partial charge in [0.2, 0.25) is 5.91 Å². The lowest BCUT2D eigenvalue weighted by Gasteiger charge is -2.34. The highest BCUT2D eigenvalue weighted by atomic mass is 35.5. The SMILES string of the molecule is CC1CNCCN1C(=O)CSCc1ccc(Cl)cc1. The van der Waals surface area contributed by atoms with E-state index in [4.69, 9.17) is 11.6 Å². The van der Waals surface area contributed by atoms with Crippen LogP contribution in [0.5, 0.6) is 0 Å². The largest absolute Gasteiger partial charge is 0.337 e. The van der Waals surface area contributed by atoms with E-state index in [1.54, 1.807) is 11.8 Å². The molecule has 1 heterocycles. The number of carbonyl (C=O) groups is 1. The van der Waals surface area contributed by atoms with E-state index in [1.807, 2.05) is 29.2 Å². The molecule has 5 heteroatoms. The molecule has 0 spiro atoms. The molecule has 1 atom stereocenters. The highest BCUT2D eigenvalue weighted by Crippen LogP contribution is 2.16. The van der Waals surface area contributed by atoms with Gasteiger partial charge in [0.25, 0.3) is 0 Å². The van der Waals surface area contributed by atoms with E-state index >= 15 is 0 Å². The van der Waals surface area contributed by atoms with Gasteiger partial charge < -0.3 is 10.2 Å². The van der Waals surface area contributed by atoms with Crippen LogP contribution in [-0.4, -0.2) is 42.2 Å². The number of rotatable bonds is 4. The highest BCUT2D eigenvalue weighted by Gasteiger charge is 2.22. The van der Waals surface area contributed by atoms with Crippen LogP contribution in [0.15, 0.2) is 24.3 Å². The first-order valence-electron chi connectivity index (χ1n) is 6.49. The zero-order valence-electron chi connectivity index (χ0n) is 11.1. The quantitative estimate of drug-likeness (QED) is 0.926. The van der Waals surface area contributed by atoms with Gasteiger partial charge in [-0.1, -0.05) is 23.7 Å². The number of amides is 1. The predicted molar refractivity (Wildman–Crippen MR) is 81.7 cm³/mol. The second kappa shape index (κ2) is 7.17. The summed E-state index contributed by atoms with van der Waals surface area (Å²) < 4.78 is 0. The average molecular weight is 299 g/mol. The summed E-state index contributed by atoms with van der Waals surface area (Å²) in [6.45, 7) is 4.71. The van der Waals surface area contributed by atoms with Crippen molar-refractivity contribution in [2.45, 2.75) is 18.7 Å². The third-order valence-electron chi connectivity index (χ3n) is 3.23. The summed E-state index contributed by atoms with van der Waals surface area (Å²) in [6, 6.07) is 8.09. The predicted octanol–water partition coefficient (Wildman–Crippen LogP) is 2.39. The lowest BCUT2D eigenvalue weighted by molar-refractivity contribution is -0.131. The molecule has 1 N–H and O–H groups in total. The average Bonchev–Trinajstić information content (AvgIpc) is 2.41. The molecule has 0 aliphatic carbocycles. The highest BCUT2D eigenvalue weighted by molar-refractivity contribution is 7.99. The molecular weight excluding hydrogens is 280 g/mol. The van der Waals surface area contributed by atoms with Gasteiger partial charge in [0.15, 0.2) is 0 Å². The Morgan fingerprint density at radius 2 is 2.21 bits per heavy atom. The van der Waals surface area contributed by atoms with Crippen LogP contribution in [0.25, 0.3) is 0 Å². The van der Waals surface area contributed by atoms with Gasteiger partial charge in [-0.2, -0.15) is 0 Å². The summed E-state index contributed by atoms with van der Waals surface area (Å²) >= 11 is 7.50. The van der Waals surface area contributed by atoms with E-state index in [1.165, 1.54) is 5.56 Å². The van der Waals surface area contributed by atoms with Crippen molar-refractivity contribution in [2.75, 3.05) is 25.4 Å². The maximum atomic E-state index is 12.1. The Morgan fingerprint density at radius 3 is 2.89 bits per heavy atom. The van der Waals surface area contributed by atoms with Gasteiger partial charge in [0, 0.05) is 36.5 Å². The van der Waals surface area contributed by atoms with E-state index in [0.717, 1.165) is 30.4 Å². The third-order valence-corrected chi connectivity index (χ3v) is 4.47. The fourth-order valence-electron chi connectivity index (χ4n) is 2.13. The molecular formula is C14H19ClN2OS. The summed E-state index contributed by atoms with van der Waals surface area (Å²) in [6.07, 6.45) is 0. The zero-order valence-corrected chi connectivity index (χ0v) is 12.6. The second-order valence-corrected chi connectivity index (χ2v) is 6.18. The summed E-state index contributed by atoms with van der Waals surface area (Å²) in [7, 11) is 0. The number of benzene rings is 1. The molecule has 1 aliphatic heterocycles. The van der Waals surface area contributed by atoms with Crippen molar-refractivity contribution in [3.63, 3.8) is 0 Å².